The van der Waals surface area contributed by atoms with Gasteiger partial charge in [-0.1, -0.05) is 0 Å². The molecule has 0 bridgehead atoms. The first-order valence-electron chi connectivity index (χ1n) is 7.96. The van der Waals surface area contributed by atoms with Crippen LogP contribution in [0.2, 0.25) is 0 Å². The van der Waals surface area contributed by atoms with Crippen molar-refractivity contribution in [2.24, 2.45) is 0 Å². The summed E-state index contributed by atoms with van der Waals surface area (Å²) in [5, 5.41) is 3.07. The summed E-state index contributed by atoms with van der Waals surface area (Å²) in [6.45, 7) is 3.61. The second-order valence-corrected chi connectivity index (χ2v) is 7.16. The van der Waals surface area contributed by atoms with Crippen LogP contribution in [0.4, 0.5) is 0 Å². The van der Waals surface area contributed by atoms with Crippen LogP contribution in [0.5, 0.6) is 0 Å². The first kappa shape index (κ1) is 13.9. The van der Waals surface area contributed by atoms with E-state index in [1.54, 1.807) is 11.3 Å². The van der Waals surface area contributed by atoms with Crippen molar-refractivity contribution in [3.8, 4) is 0 Å². The van der Waals surface area contributed by atoms with Gasteiger partial charge in [0.1, 0.15) is 11.5 Å². The van der Waals surface area contributed by atoms with E-state index in [0.29, 0.717) is 17.7 Å². The lowest BCUT2D eigenvalue weighted by Gasteiger charge is -2.33. The van der Waals surface area contributed by atoms with Gasteiger partial charge in [-0.15, -0.1) is 11.3 Å². The Morgan fingerprint density at radius 2 is 2.23 bits per heavy atom. The van der Waals surface area contributed by atoms with Gasteiger partial charge in [-0.05, 0) is 32.6 Å². The van der Waals surface area contributed by atoms with Gasteiger partial charge in [0.2, 0.25) is 0 Å². The summed E-state index contributed by atoms with van der Waals surface area (Å²) in [6.07, 6.45) is 8.44. The Kier molecular flexibility index (Phi) is 3.48. The van der Waals surface area contributed by atoms with E-state index in [-0.39, 0.29) is 5.91 Å². The van der Waals surface area contributed by atoms with Crippen LogP contribution in [0.1, 0.15) is 59.0 Å². The molecule has 4 rings (SSSR count). The van der Waals surface area contributed by atoms with Crippen molar-refractivity contribution < 1.29 is 4.79 Å². The van der Waals surface area contributed by atoms with Gasteiger partial charge in [0.05, 0.1) is 11.0 Å². The van der Waals surface area contributed by atoms with Crippen LogP contribution in [0.25, 0.3) is 0 Å². The van der Waals surface area contributed by atoms with Crippen LogP contribution in [0.15, 0.2) is 17.8 Å². The van der Waals surface area contributed by atoms with Crippen molar-refractivity contribution >= 4 is 17.2 Å². The van der Waals surface area contributed by atoms with E-state index in [1.165, 1.54) is 12.8 Å². The summed E-state index contributed by atoms with van der Waals surface area (Å²) in [5.74, 6) is 1.73. The summed E-state index contributed by atoms with van der Waals surface area (Å²) in [4.78, 5) is 23.5. The molecule has 1 amide bonds. The number of aromatic nitrogens is 3. The SMILES string of the molecule is Cc1nccn1[C@H]1CCCN(C(=O)c2csc(C3CC3)n2)C1. The number of rotatable bonds is 3. The van der Waals surface area contributed by atoms with Crippen molar-refractivity contribution in [1.82, 2.24) is 19.4 Å². The topological polar surface area (TPSA) is 51.0 Å². The lowest BCUT2D eigenvalue weighted by atomic mass is 10.1. The smallest absolute Gasteiger partial charge is 0.273 e. The minimum Gasteiger partial charge on any atom is -0.335 e. The summed E-state index contributed by atoms with van der Waals surface area (Å²) in [7, 11) is 0. The number of likely N-dealkylation sites (tertiary alicyclic amines) is 1. The van der Waals surface area contributed by atoms with Gasteiger partial charge in [-0.25, -0.2) is 9.97 Å². The normalized spacial score (nSPS) is 22.0. The predicted molar refractivity (Wildman–Crippen MR) is 85.2 cm³/mol. The van der Waals surface area contributed by atoms with E-state index < -0.39 is 0 Å². The van der Waals surface area contributed by atoms with E-state index in [1.807, 2.05) is 29.6 Å². The molecule has 1 aliphatic heterocycles. The lowest BCUT2D eigenvalue weighted by Crippen LogP contribution is -2.41. The van der Waals surface area contributed by atoms with Gasteiger partial charge in [0, 0.05) is 36.8 Å². The molecule has 2 aromatic heterocycles. The minimum absolute atomic E-state index is 0.0885. The molecule has 0 spiro atoms. The second-order valence-electron chi connectivity index (χ2n) is 6.27. The molecule has 2 aromatic rings. The predicted octanol–water partition coefficient (Wildman–Crippen LogP) is 3.00. The van der Waals surface area contributed by atoms with E-state index in [2.05, 4.69) is 14.5 Å². The summed E-state index contributed by atoms with van der Waals surface area (Å²) in [5.41, 5.74) is 0.634. The molecule has 1 saturated heterocycles. The Hall–Kier alpha value is -1.69. The number of aryl methyl sites for hydroxylation is 1. The number of carbonyl (C=O) groups excluding carboxylic acids is 1. The van der Waals surface area contributed by atoms with Crippen molar-refractivity contribution in [3.63, 3.8) is 0 Å². The van der Waals surface area contributed by atoms with Crippen LogP contribution >= 0.6 is 11.3 Å². The molecule has 2 aliphatic rings. The van der Waals surface area contributed by atoms with Crippen LogP contribution < -0.4 is 0 Å². The number of hydrogen-bond acceptors (Lipinski definition) is 4. The van der Waals surface area contributed by atoms with Gasteiger partial charge in [0.25, 0.3) is 5.91 Å². The third-order valence-electron chi connectivity index (χ3n) is 4.61. The Morgan fingerprint density at radius 3 is 2.95 bits per heavy atom. The number of amides is 1. The highest BCUT2D eigenvalue weighted by molar-refractivity contribution is 7.10. The number of thiazole rings is 1. The molecule has 6 heteroatoms. The first-order valence-corrected chi connectivity index (χ1v) is 8.84. The Morgan fingerprint density at radius 1 is 1.36 bits per heavy atom. The number of piperidine rings is 1. The molecule has 3 heterocycles. The highest BCUT2D eigenvalue weighted by Gasteiger charge is 2.30. The molecule has 5 nitrogen and oxygen atoms in total. The van der Waals surface area contributed by atoms with Gasteiger partial charge in [0.15, 0.2) is 0 Å². The molecule has 1 atom stereocenters. The van der Waals surface area contributed by atoms with Crippen LogP contribution in [0.3, 0.4) is 0 Å². The van der Waals surface area contributed by atoms with Gasteiger partial charge in [-0.3, -0.25) is 4.79 Å². The van der Waals surface area contributed by atoms with Crippen LogP contribution in [-0.2, 0) is 0 Å². The molecule has 116 valence electrons. The molecule has 0 unspecified atom stereocenters. The quantitative estimate of drug-likeness (QED) is 0.874. The van der Waals surface area contributed by atoms with Crippen LogP contribution in [0, 0.1) is 6.92 Å². The van der Waals surface area contributed by atoms with Crippen molar-refractivity contribution in [2.75, 3.05) is 13.1 Å². The molecule has 1 saturated carbocycles. The minimum atomic E-state index is 0.0885. The molecule has 0 radical (unpaired) electrons. The number of nitrogens with zero attached hydrogens (tertiary/aromatic N) is 4. The highest BCUT2D eigenvalue weighted by atomic mass is 32.1. The fourth-order valence-electron chi connectivity index (χ4n) is 3.21. The van der Waals surface area contributed by atoms with E-state index in [9.17, 15) is 4.79 Å². The molecule has 0 aromatic carbocycles. The molecule has 2 fully saturated rings. The lowest BCUT2D eigenvalue weighted by molar-refractivity contribution is 0.0673. The van der Waals surface area contributed by atoms with Gasteiger partial charge < -0.3 is 9.47 Å². The zero-order valence-electron chi connectivity index (χ0n) is 12.7. The zero-order chi connectivity index (χ0) is 15.1. The first-order chi connectivity index (χ1) is 10.7. The monoisotopic (exact) mass is 316 g/mol. The molecular formula is C16H20N4OS. The Labute approximate surface area is 134 Å². The number of imidazole rings is 1. The third kappa shape index (κ3) is 2.56. The van der Waals surface area contributed by atoms with E-state index in [0.717, 1.165) is 36.8 Å². The second kappa shape index (κ2) is 5.50. The zero-order valence-corrected chi connectivity index (χ0v) is 13.6. The number of hydrogen-bond donors (Lipinski definition) is 0. The fourth-order valence-corrected chi connectivity index (χ4v) is 4.17. The maximum Gasteiger partial charge on any atom is 0.273 e. The molecule has 22 heavy (non-hydrogen) atoms. The Balaban J connectivity index is 1.49. The molecule has 0 N–H and O–H groups in total. The van der Waals surface area contributed by atoms with E-state index in [4.69, 9.17) is 0 Å². The number of carbonyl (C=O) groups is 1. The van der Waals surface area contributed by atoms with E-state index >= 15 is 0 Å². The van der Waals surface area contributed by atoms with Gasteiger partial charge >= 0.3 is 0 Å². The molecule has 1 aliphatic carbocycles. The highest BCUT2D eigenvalue weighted by Crippen LogP contribution is 2.41. The van der Waals surface area contributed by atoms with Gasteiger partial charge in [-0.2, -0.15) is 0 Å². The average molecular weight is 316 g/mol. The standard InChI is InChI=1S/C16H20N4OS/c1-11-17-6-8-20(11)13-3-2-7-19(9-13)16(21)14-10-22-15(18-14)12-4-5-12/h6,8,10,12-13H,2-5,7,9H2,1H3/t13-/m0/s1. The Bertz CT molecular complexity index is 688. The summed E-state index contributed by atoms with van der Waals surface area (Å²) in [6, 6.07) is 0.335. The maximum absolute atomic E-state index is 12.7. The average Bonchev–Trinajstić information content (AvgIpc) is 3.11. The largest absolute Gasteiger partial charge is 0.335 e. The molecular weight excluding hydrogens is 296 g/mol. The van der Waals surface area contributed by atoms with Crippen molar-refractivity contribution in [3.05, 3.63) is 34.3 Å². The fraction of sp³-hybridized carbons (Fsp3) is 0.562. The van der Waals surface area contributed by atoms with Crippen LogP contribution in [-0.4, -0.2) is 38.4 Å². The maximum atomic E-state index is 12.7. The van der Waals surface area contributed by atoms with Crippen molar-refractivity contribution in [2.45, 2.75) is 44.6 Å². The summed E-state index contributed by atoms with van der Waals surface area (Å²) >= 11 is 1.64. The van der Waals surface area contributed by atoms with Crippen molar-refractivity contribution in [1.29, 1.82) is 0 Å². The third-order valence-corrected chi connectivity index (χ3v) is 5.61. The summed E-state index contributed by atoms with van der Waals surface area (Å²) < 4.78 is 2.19.